The van der Waals surface area contributed by atoms with Crippen molar-refractivity contribution in [1.82, 2.24) is 10.2 Å². The SMILES string of the molecule is CN(C)CCCC(C)(NC(=O)OCC1c2ccccc2-c2ccccc21)C(=O)O. The second-order valence-electron chi connectivity index (χ2n) is 7.99. The van der Waals surface area contributed by atoms with E-state index in [2.05, 4.69) is 17.4 Å². The lowest BCUT2D eigenvalue weighted by Gasteiger charge is -2.27. The van der Waals surface area contributed by atoms with Crippen molar-refractivity contribution in [2.24, 2.45) is 0 Å². The van der Waals surface area contributed by atoms with Crippen LogP contribution in [0.2, 0.25) is 0 Å². The minimum absolute atomic E-state index is 0.0574. The summed E-state index contributed by atoms with van der Waals surface area (Å²) >= 11 is 0. The highest BCUT2D eigenvalue weighted by molar-refractivity contribution is 5.84. The quantitative estimate of drug-likeness (QED) is 0.711. The molecule has 2 aromatic carbocycles. The van der Waals surface area contributed by atoms with Gasteiger partial charge in [0.25, 0.3) is 0 Å². The first-order valence-electron chi connectivity index (χ1n) is 9.83. The number of benzene rings is 2. The van der Waals surface area contributed by atoms with E-state index in [4.69, 9.17) is 4.74 Å². The molecule has 154 valence electrons. The van der Waals surface area contributed by atoms with E-state index >= 15 is 0 Å². The lowest BCUT2D eigenvalue weighted by atomic mass is 9.96. The molecule has 0 saturated carbocycles. The summed E-state index contributed by atoms with van der Waals surface area (Å²) in [5.74, 6) is -1.12. The molecule has 0 saturated heterocycles. The summed E-state index contributed by atoms with van der Waals surface area (Å²) in [4.78, 5) is 26.2. The van der Waals surface area contributed by atoms with Gasteiger partial charge >= 0.3 is 12.1 Å². The smallest absolute Gasteiger partial charge is 0.408 e. The lowest BCUT2D eigenvalue weighted by molar-refractivity contribution is -0.144. The lowest BCUT2D eigenvalue weighted by Crippen LogP contribution is -2.52. The number of carbonyl (C=O) groups is 2. The van der Waals surface area contributed by atoms with Gasteiger partial charge in [-0.3, -0.25) is 0 Å². The predicted molar refractivity (Wildman–Crippen MR) is 112 cm³/mol. The molecule has 0 aliphatic heterocycles. The molecule has 6 heteroatoms. The van der Waals surface area contributed by atoms with E-state index in [1.165, 1.54) is 6.92 Å². The Labute approximate surface area is 171 Å². The van der Waals surface area contributed by atoms with Gasteiger partial charge < -0.3 is 20.1 Å². The standard InChI is InChI=1S/C23H28N2O4/c1-23(21(26)27,13-8-14-25(2)3)24-22(28)29-15-20-18-11-6-4-9-16(18)17-10-5-7-12-19(17)20/h4-7,9-12,20H,8,13-15H2,1-3H3,(H,24,28)(H,26,27). The van der Waals surface area contributed by atoms with Crippen LogP contribution in [0, 0.1) is 0 Å². The fourth-order valence-electron chi connectivity index (χ4n) is 3.83. The molecular weight excluding hydrogens is 368 g/mol. The van der Waals surface area contributed by atoms with E-state index in [1.807, 2.05) is 55.4 Å². The van der Waals surface area contributed by atoms with Crippen molar-refractivity contribution in [1.29, 1.82) is 0 Å². The number of nitrogens with one attached hydrogen (secondary N) is 1. The van der Waals surface area contributed by atoms with Crippen molar-refractivity contribution in [2.45, 2.75) is 31.2 Å². The Morgan fingerprint density at radius 1 is 1.07 bits per heavy atom. The summed E-state index contributed by atoms with van der Waals surface area (Å²) in [6, 6.07) is 16.2. The number of aliphatic carboxylic acids is 1. The molecule has 6 nitrogen and oxygen atoms in total. The maximum absolute atomic E-state index is 12.4. The van der Waals surface area contributed by atoms with Crippen LogP contribution in [0.5, 0.6) is 0 Å². The van der Waals surface area contributed by atoms with Crippen LogP contribution in [0.3, 0.4) is 0 Å². The van der Waals surface area contributed by atoms with E-state index in [0.29, 0.717) is 12.8 Å². The number of amides is 1. The summed E-state index contributed by atoms with van der Waals surface area (Å²) in [5.41, 5.74) is 3.17. The molecule has 0 aromatic heterocycles. The molecule has 1 atom stereocenters. The van der Waals surface area contributed by atoms with Gasteiger partial charge in [0.2, 0.25) is 0 Å². The van der Waals surface area contributed by atoms with Crippen LogP contribution < -0.4 is 5.32 Å². The van der Waals surface area contributed by atoms with E-state index < -0.39 is 17.6 Å². The third-order valence-electron chi connectivity index (χ3n) is 5.48. The van der Waals surface area contributed by atoms with Gasteiger partial charge in [-0.15, -0.1) is 0 Å². The summed E-state index contributed by atoms with van der Waals surface area (Å²) in [5, 5.41) is 12.2. The normalized spacial score (nSPS) is 14.8. The fraction of sp³-hybridized carbons (Fsp3) is 0.391. The Morgan fingerprint density at radius 2 is 1.62 bits per heavy atom. The van der Waals surface area contributed by atoms with Crippen molar-refractivity contribution in [3.8, 4) is 11.1 Å². The van der Waals surface area contributed by atoms with Crippen molar-refractivity contribution in [3.05, 3.63) is 59.7 Å². The third kappa shape index (κ3) is 4.59. The maximum atomic E-state index is 12.4. The zero-order chi connectivity index (χ0) is 21.0. The number of alkyl carbamates (subject to hydrolysis) is 1. The first kappa shape index (κ1) is 20.9. The number of rotatable bonds is 8. The number of ether oxygens (including phenoxy) is 1. The molecule has 0 heterocycles. The highest BCUT2D eigenvalue weighted by atomic mass is 16.5. The number of hydrogen-bond donors (Lipinski definition) is 2. The van der Waals surface area contributed by atoms with E-state index in [9.17, 15) is 14.7 Å². The third-order valence-corrected chi connectivity index (χ3v) is 5.48. The minimum Gasteiger partial charge on any atom is -0.480 e. The monoisotopic (exact) mass is 396 g/mol. The Morgan fingerprint density at radius 3 is 2.14 bits per heavy atom. The number of carboxylic acids is 1. The average molecular weight is 396 g/mol. The molecular formula is C23H28N2O4. The van der Waals surface area contributed by atoms with Crippen LogP contribution in [0.25, 0.3) is 11.1 Å². The average Bonchev–Trinajstić information content (AvgIpc) is 3.00. The molecule has 1 amide bonds. The molecule has 0 spiro atoms. The van der Waals surface area contributed by atoms with Crippen molar-refractivity contribution in [2.75, 3.05) is 27.2 Å². The van der Waals surface area contributed by atoms with Gasteiger partial charge in [-0.05, 0) is 62.7 Å². The zero-order valence-corrected chi connectivity index (χ0v) is 17.1. The Balaban J connectivity index is 1.66. The van der Waals surface area contributed by atoms with E-state index in [0.717, 1.165) is 28.8 Å². The van der Waals surface area contributed by atoms with Crippen molar-refractivity contribution in [3.63, 3.8) is 0 Å². The van der Waals surface area contributed by atoms with Crippen LogP contribution in [-0.4, -0.2) is 54.9 Å². The molecule has 1 aliphatic rings. The first-order valence-corrected chi connectivity index (χ1v) is 9.83. The van der Waals surface area contributed by atoms with Crippen molar-refractivity contribution < 1.29 is 19.4 Å². The Kier molecular flexibility index (Phi) is 6.23. The maximum Gasteiger partial charge on any atom is 0.408 e. The fourth-order valence-corrected chi connectivity index (χ4v) is 3.83. The minimum atomic E-state index is -1.36. The summed E-state index contributed by atoms with van der Waals surface area (Å²) in [6.45, 7) is 2.43. The molecule has 0 bridgehead atoms. The molecule has 2 N–H and O–H groups in total. The summed E-state index contributed by atoms with van der Waals surface area (Å²) in [7, 11) is 3.86. The number of carboxylic acid groups (broad SMARTS) is 1. The van der Waals surface area contributed by atoms with Gasteiger partial charge in [0.05, 0.1) is 0 Å². The largest absolute Gasteiger partial charge is 0.480 e. The number of fused-ring (bicyclic) bond motifs is 3. The predicted octanol–water partition coefficient (Wildman–Crippen LogP) is 3.71. The van der Waals surface area contributed by atoms with Crippen LogP contribution in [-0.2, 0) is 9.53 Å². The van der Waals surface area contributed by atoms with Gasteiger partial charge in [0.15, 0.2) is 0 Å². The highest BCUT2D eigenvalue weighted by Crippen LogP contribution is 2.44. The highest BCUT2D eigenvalue weighted by Gasteiger charge is 2.36. The first-order chi connectivity index (χ1) is 13.8. The van der Waals surface area contributed by atoms with Crippen LogP contribution in [0.15, 0.2) is 48.5 Å². The Bertz CT molecular complexity index is 850. The van der Waals surface area contributed by atoms with Crippen LogP contribution in [0.1, 0.15) is 36.8 Å². The molecule has 3 rings (SSSR count). The zero-order valence-electron chi connectivity index (χ0n) is 17.1. The van der Waals surface area contributed by atoms with Crippen LogP contribution >= 0.6 is 0 Å². The summed E-state index contributed by atoms with van der Waals surface area (Å²) < 4.78 is 5.49. The van der Waals surface area contributed by atoms with Gasteiger partial charge in [-0.25, -0.2) is 9.59 Å². The van der Waals surface area contributed by atoms with Crippen molar-refractivity contribution >= 4 is 12.1 Å². The molecule has 0 radical (unpaired) electrons. The molecule has 0 fully saturated rings. The van der Waals surface area contributed by atoms with E-state index in [-0.39, 0.29) is 12.5 Å². The second kappa shape index (κ2) is 8.66. The number of hydrogen-bond acceptors (Lipinski definition) is 4. The Hall–Kier alpha value is -2.86. The van der Waals surface area contributed by atoms with Crippen LogP contribution in [0.4, 0.5) is 4.79 Å². The van der Waals surface area contributed by atoms with Gasteiger partial charge in [0.1, 0.15) is 12.1 Å². The van der Waals surface area contributed by atoms with Gasteiger partial charge in [-0.1, -0.05) is 48.5 Å². The molecule has 29 heavy (non-hydrogen) atoms. The topological polar surface area (TPSA) is 78.9 Å². The molecule has 1 unspecified atom stereocenters. The number of carbonyl (C=O) groups excluding carboxylic acids is 1. The van der Waals surface area contributed by atoms with E-state index in [1.54, 1.807) is 0 Å². The summed E-state index contributed by atoms with van der Waals surface area (Å²) in [6.07, 6.45) is 0.270. The molecule has 1 aliphatic carbocycles. The van der Waals surface area contributed by atoms with Gasteiger partial charge in [0, 0.05) is 5.92 Å². The van der Waals surface area contributed by atoms with Gasteiger partial charge in [-0.2, -0.15) is 0 Å². The second-order valence-corrected chi connectivity index (χ2v) is 7.99. The molecule has 2 aromatic rings. The number of nitrogens with zero attached hydrogens (tertiary/aromatic N) is 1.